The van der Waals surface area contributed by atoms with E-state index in [9.17, 15) is 9.59 Å². The van der Waals surface area contributed by atoms with E-state index in [1.807, 2.05) is 0 Å². The van der Waals surface area contributed by atoms with E-state index < -0.39 is 0 Å². The fraction of sp³-hybridized carbons (Fsp3) is 0.714. The SMILES string of the molecule is O=CCCCC(=O)NCCS. The molecule has 0 aliphatic rings. The molecule has 0 rings (SSSR count). The van der Waals surface area contributed by atoms with E-state index in [1.54, 1.807) is 0 Å². The molecule has 0 aromatic heterocycles. The van der Waals surface area contributed by atoms with Gasteiger partial charge in [-0.1, -0.05) is 0 Å². The van der Waals surface area contributed by atoms with Crippen molar-refractivity contribution in [1.82, 2.24) is 5.32 Å². The molecule has 0 atom stereocenters. The number of hydrogen-bond acceptors (Lipinski definition) is 3. The number of amides is 1. The highest BCUT2D eigenvalue weighted by molar-refractivity contribution is 7.80. The third kappa shape index (κ3) is 7.39. The lowest BCUT2D eigenvalue weighted by Crippen LogP contribution is -2.24. The van der Waals surface area contributed by atoms with Gasteiger partial charge in [0, 0.05) is 25.1 Å². The van der Waals surface area contributed by atoms with E-state index in [4.69, 9.17) is 0 Å². The molecular formula is C7H13NO2S. The lowest BCUT2D eigenvalue weighted by atomic mass is 10.2. The van der Waals surface area contributed by atoms with Crippen LogP contribution >= 0.6 is 12.6 Å². The van der Waals surface area contributed by atoms with E-state index >= 15 is 0 Å². The molecule has 3 nitrogen and oxygen atoms in total. The van der Waals surface area contributed by atoms with Gasteiger partial charge in [-0.05, 0) is 6.42 Å². The first kappa shape index (κ1) is 10.5. The Morgan fingerprint density at radius 2 is 2.27 bits per heavy atom. The first-order chi connectivity index (χ1) is 5.31. The minimum Gasteiger partial charge on any atom is -0.355 e. The second-order valence-electron chi connectivity index (χ2n) is 2.13. The van der Waals surface area contributed by atoms with Crippen LogP contribution in [0.3, 0.4) is 0 Å². The quantitative estimate of drug-likeness (QED) is 0.349. The molecule has 0 bridgehead atoms. The predicted octanol–water partition coefficient (Wildman–Crippen LogP) is 0.402. The fourth-order valence-corrected chi connectivity index (χ4v) is 0.741. The van der Waals surface area contributed by atoms with Crippen LogP contribution in [0.4, 0.5) is 0 Å². The standard InChI is InChI=1S/C7H13NO2S/c9-5-2-1-3-7(10)8-4-6-11/h5,11H,1-4,6H2,(H,8,10). The molecule has 0 saturated heterocycles. The summed E-state index contributed by atoms with van der Waals surface area (Å²) in [7, 11) is 0. The van der Waals surface area contributed by atoms with Crippen LogP contribution in [0.25, 0.3) is 0 Å². The first-order valence-corrected chi connectivity index (χ1v) is 4.25. The van der Waals surface area contributed by atoms with Gasteiger partial charge in [0.25, 0.3) is 0 Å². The molecule has 0 aliphatic carbocycles. The fourth-order valence-electron chi connectivity index (χ4n) is 0.630. The number of hydrogen-bond donors (Lipinski definition) is 2. The van der Waals surface area contributed by atoms with Gasteiger partial charge >= 0.3 is 0 Å². The van der Waals surface area contributed by atoms with Crippen molar-refractivity contribution in [3.8, 4) is 0 Å². The van der Waals surface area contributed by atoms with Crippen molar-refractivity contribution in [2.45, 2.75) is 19.3 Å². The highest BCUT2D eigenvalue weighted by atomic mass is 32.1. The van der Waals surface area contributed by atoms with Crippen LogP contribution in [0.1, 0.15) is 19.3 Å². The predicted molar refractivity (Wildman–Crippen MR) is 46.8 cm³/mol. The van der Waals surface area contributed by atoms with Crippen LogP contribution in [-0.4, -0.2) is 24.5 Å². The van der Waals surface area contributed by atoms with Crippen LogP contribution in [-0.2, 0) is 9.59 Å². The van der Waals surface area contributed by atoms with Gasteiger partial charge in [0.05, 0.1) is 0 Å². The van der Waals surface area contributed by atoms with Crippen molar-refractivity contribution in [2.24, 2.45) is 0 Å². The van der Waals surface area contributed by atoms with Gasteiger partial charge in [0.15, 0.2) is 0 Å². The summed E-state index contributed by atoms with van der Waals surface area (Å²) in [6.07, 6.45) is 2.37. The number of rotatable bonds is 6. The second-order valence-corrected chi connectivity index (χ2v) is 2.58. The molecule has 0 heterocycles. The molecule has 0 aromatic carbocycles. The summed E-state index contributed by atoms with van der Waals surface area (Å²) in [5.74, 6) is 0.653. The molecule has 0 spiro atoms. The normalized spacial score (nSPS) is 9.18. The maximum absolute atomic E-state index is 10.8. The highest BCUT2D eigenvalue weighted by Crippen LogP contribution is 1.91. The minimum absolute atomic E-state index is 0.000833. The minimum atomic E-state index is 0.000833. The van der Waals surface area contributed by atoms with E-state index in [-0.39, 0.29) is 5.91 Å². The summed E-state index contributed by atoms with van der Waals surface area (Å²) >= 11 is 3.93. The van der Waals surface area contributed by atoms with E-state index in [1.165, 1.54) is 0 Å². The summed E-state index contributed by atoms with van der Waals surface area (Å²) in [5, 5.41) is 2.66. The van der Waals surface area contributed by atoms with Gasteiger partial charge in [-0.2, -0.15) is 12.6 Å². The molecule has 64 valence electrons. The average molecular weight is 175 g/mol. The highest BCUT2D eigenvalue weighted by Gasteiger charge is 1.97. The Morgan fingerprint density at radius 1 is 1.55 bits per heavy atom. The van der Waals surface area contributed by atoms with Crippen molar-refractivity contribution in [2.75, 3.05) is 12.3 Å². The average Bonchev–Trinajstić information content (AvgIpc) is 2.01. The van der Waals surface area contributed by atoms with Crippen LogP contribution in [0.2, 0.25) is 0 Å². The molecule has 0 saturated carbocycles. The molecule has 0 aliphatic heterocycles. The van der Waals surface area contributed by atoms with Crippen molar-refractivity contribution < 1.29 is 9.59 Å². The lowest BCUT2D eigenvalue weighted by Gasteiger charge is -2.00. The summed E-state index contributed by atoms with van der Waals surface area (Å²) in [4.78, 5) is 20.7. The summed E-state index contributed by atoms with van der Waals surface area (Å²) < 4.78 is 0. The Labute approximate surface area is 72.0 Å². The Morgan fingerprint density at radius 3 is 2.82 bits per heavy atom. The molecule has 4 heteroatoms. The number of nitrogens with one attached hydrogen (secondary N) is 1. The molecule has 0 fully saturated rings. The van der Waals surface area contributed by atoms with Gasteiger partial charge in [-0.25, -0.2) is 0 Å². The van der Waals surface area contributed by atoms with Crippen LogP contribution in [0.15, 0.2) is 0 Å². The van der Waals surface area contributed by atoms with Crippen LogP contribution in [0.5, 0.6) is 0 Å². The third-order valence-electron chi connectivity index (χ3n) is 1.16. The van der Waals surface area contributed by atoms with Gasteiger partial charge in [0.2, 0.25) is 5.91 Å². The Balaban J connectivity index is 3.15. The largest absolute Gasteiger partial charge is 0.355 e. The Hall–Kier alpha value is -0.510. The van der Waals surface area contributed by atoms with Gasteiger partial charge in [-0.3, -0.25) is 4.79 Å². The first-order valence-electron chi connectivity index (χ1n) is 3.62. The summed E-state index contributed by atoms with van der Waals surface area (Å²) in [6.45, 7) is 0.600. The van der Waals surface area contributed by atoms with Gasteiger partial charge < -0.3 is 10.1 Å². The number of aldehydes is 1. The number of thiol groups is 1. The summed E-state index contributed by atoms with van der Waals surface area (Å²) in [6, 6.07) is 0. The number of carbonyl (C=O) groups excluding carboxylic acids is 2. The van der Waals surface area contributed by atoms with Crippen LogP contribution in [0, 0.1) is 0 Å². The number of unbranched alkanes of at least 4 members (excludes halogenated alkanes) is 1. The molecule has 0 radical (unpaired) electrons. The lowest BCUT2D eigenvalue weighted by molar-refractivity contribution is -0.121. The van der Waals surface area contributed by atoms with Gasteiger partial charge in [-0.15, -0.1) is 0 Å². The van der Waals surface area contributed by atoms with Crippen molar-refractivity contribution in [3.05, 3.63) is 0 Å². The van der Waals surface area contributed by atoms with E-state index in [0.717, 1.165) is 6.29 Å². The topological polar surface area (TPSA) is 46.2 Å². The van der Waals surface area contributed by atoms with Crippen molar-refractivity contribution >= 4 is 24.8 Å². The molecule has 0 unspecified atom stereocenters. The third-order valence-corrected chi connectivity index (χ3v) is 1.38. The molecule has 0 aromatic rings. The molecule has 1 amide bonds. The molecule has 1 N–H and O–H groups in total. The Kier molecular flexibility index (Phi) is 7.24. The zero-order chi connectivity index (χ0) is 8.53. The molecule has 11 heavy (non-hydrogen) atoms. The zero-order valence-corrected chi connectivity index (χ0v) is 7.27. The maximum atomic E-state index is 10.8. The van der Waals surface area contributed by atoms with E-state index in [2.05, 4.69) is 17.9 Å². The van der Waals surface area contributed by atoms with Crippen LogP contribution < -0.4 is 5.32 Å². The smallest absolute Gasteiger partial charge is 0.220 e. The Bertz CT molecular complexity index is 128. The van der Waals surface area contributed by atoms with Crippen molar-refractivity contribution in [3.63, 3.8) is 0 Å². The van der Waals surface area contributed by atoms with Gasteiger partial charge in [0.1, 0.15) is 6.29 Å². The monoisotopic (exact) mass is 175 g/mol. The number of carbonyl (C=O) groups is 2. The summed E-state index contributed by atoms with van der Waals surface area (Å²) in [5.41, 5.74) is 0. The zero-order valence-electron chi connectivity index (χ0n) is 6.38. The van der Waals surface area contributed by atoms with E-state index in [0.29, 0.717) is 31.6 Å². The second kappa shape index (κ2) is 7.60. The van der Waals surface area contributed by atoms with Crippen molar-refractivity contribution in [1.29, 1.82) is 0 Å². The molecular weight excluding hydrogens is 162 g/mol. The maximum Gasteiger partial charge on any atom is 0.220 e.